The summed E-state index contributed by atoms with van der Waals surface area (Å²) in [5.74, 6) is -0.143. The van der Waals surface area contributed by atoms with Gasteiger partial charge in [0.25, 0.3) is 5.69 Å². The SMILES string of the molecule is Cc1cc(Br)c(NC(=O)C2CCCCCN2)cc1[N+](=O)[O-]. The van der Waals surface area contributed by atoms with E-state index in [1.54, 1.807) is 13.0 Å². The number of hydrogen-bond donors (Lipinski definition) is 2. The second-order valence-electron chi connectivity index (χ2n) is 5.22. The molecule has 2 N–H and O–H groups in total. The third-order valence-corrected chi connectivity index (χ3v) is 4.27. The number of nitro groups is 1. The van der Waals surface area contributed by atoms with Crippen molar-refractivity contribution < 1.29 is 9.72 Å². The predicted octanol–water partition coefficient (Wildman–Crippen LogP) is 3.14. The fourth-order valence-corrected chi connectivity index (χ4v) is 2.98. The molecule has 21 heavy (non-hydrogen) atoms. The molecule has 1 heterocycles. The molecule has 7 heteroatoms. The van der Waals surface area contributed by atoms with E-state index >= 15 is 0 Å². The maximum Gasteiger partial charge on any atom is 0.274 e. The van der Waals surface area contributed by atoms with Crippen LogP contribution < -0.4 is 10.6 Å². The first kappa shape index (κ1) is 15.9. The lowest BCUT2D eigenvalue weighted by molar-refractivity contribution is -0.385. The summed E-state index contributed by atoms with van der Waals surface area (Å²) >= 11 is 3.34. The summed E-state index contributed by atoms with van der Waals surface area (Å²) < 4.78 is 0.646. The zero-order chi connectivity index (χ0) is 15.4. The molecule has 6 nitrogen and oxygen atoms in total. The first-order chi connectivity index (χ1) is 9.99. The zero-order valence-electron chi connectivity index (χ0n) is 11.8. The van der Waals surface area contributed by atoms with Crippen LogP contribution in [0.2, 0.25) is 0 Å². The van der Waals surface area contributed by atoms with Crippen LogP contribution in [0, 0.1) is 17.0 Å². The topological polar surface area (TPSA) is 84.3 Å². The number of hydrogen-bond acceptors (Lipinski definition) is 4. The quantitative estimate of drug-likeness (QED) is 0.644. The molecule has 1 unspecified atom stereocenters. The number of nitrogens with one attached hydrogen (secondary N) is 2. The third kappa shape index (κ3) is 4.01. The van der Waals surface area contributed by atoms with Crippen molar-refractivity contribution in [2.45, 2.75) is 38.6 Å². The monoisotopic (exact) mass is 355 g/mol. The highest BCUT2D eigenvalue weighted by Crippen LogP contribution is 2.30. The van der Waals surface area contributed by atoms with Gasteiger partial charge in [-0.25, -0.2) is 0 Å². The molecule has 1 atom stereocenters. The molecule has 1 aliphatic heterocycles. The molecule has 0 aliphatic carbocycles. The molecule has 0 spiro atoms. The molecule has 0 radical (unpaired) electrons. The number of nitro benzene ring substituents is 1. The highest BCUT2D eigenvalue weighted by Gasteiger charge is 2.22. The molecule has 2 rings (SSSR count). The van der Waals surface area contributed by atoms with E-state index in [1.807, 2.05) is 0 Å². The number of aryl methyl sites for hydroxylation is 1. The van der Waals surface area contributed by atoms with Crippen LogP contribution in [0.3, 0.4) is 0 Å². The highest BCUT2D eigenvalue weighted by atomic mass is 79.9. The highest BCUT2D eigenvalue weighted by molar-refractivity contribution is 9.10. The van der Waals surface area contributed by atoms with Gasteiger partial charge in [-0.1, -0.05) is 12.8 Å². The molecule has 1 saturated heterocycles. The van der Waals surface area contributed by atoms with Crippen LogP contribution in [-0.4, -0.2) is 23.4 Å². The summed E-state index contributed by atoms with van der Waals surface area (Å²) in [5, 5.41) is 17.0. The van der Waals surface area contributed by atoms with E-state index < -0.39 is 4.92 Å². The Bertz CT molecular complexity index is 555. The Hall–Kier alpha value is -1.47. The molecule has 1 fully saturated rings. The summed E-state index contributed by atoms with van der Waals surface area (Å²) in [6, 6.07) is 2.81. The van der Waals surface area contributed by atoms with E-state index in [9.17, 15) is 14.9 Å². The Balaban J connectivity index is 2.16. The molecule has 1 aromatic rings. The van der Waals surface area contributed by atoms with E-state index in [4.69, 9.17) is 0 Å². The Morgan fingerprint density at radius 3 is 2.90 bits per heavy atom. The maximum atomic E-state index is 12.3. The van der Waals surface area contributed by atoms with Crippen molar-refractivity contribution in [2.24, 2.45) is 0 Å². The largest absolute Gasteiger partial charge is 0.323 e. The summed E-state index contributed by atoms with van der Waals surface area (Å²) in [6.07, 6.45) is 4.00. The molecule has 0 saturated carbocycles. The summed E-state index contributed by atoms with van der Waals surface area (Å²) in [4.78, 5) is 22.8. The molecule has 114 valence electrons. The first-order valence-electron chi connectivity index (χ1n) is 6.98. The van der Waals surface area contributed by atoms with E-state index in [0.717, 1.165) is 32.2 Å². The van der Waals surface area contributed by atoms with Gasteiger partial charge in [0.2, 0.25) is 5.91 Å². The second kappa shape index (κ2) is 7.00. The Kier molecular flexibility index (Phi) is 5.30. The van der Waals surface area contributed by atoms with Crippen LogP contribution in [0.15, 0.2) is 16.6 Å². The van der Waals surface area contributed by atoms with Gasteiger partial charge in [-0.3, -0.25) is 14.9 Å². The van der Waals surface area contributed by atoms with Gasteiger partial charge in [0, 0.05) is 16.1 Å². The Labute approximate surface area is 131 Å². The minimum absolute atomic E-state index is 0.00215. The van der Waals surface area contributed by atoms with E-state index in [-0.39, 0.29) is 17.6 Å². The van der Waals surface area contributed by atoms with Crippen LogP contribution in [0.4, 0.5) is 11.4 Å². The molecule has 0 bridgehead atoms. The molecular formula is C14H18BrN3O3. The lowest BCUT2D eigenvalue weighted by Gasteiger charge is -2.16. The van der Waals surface area contributed by atoms with Crippen molar-refractivity contribution in [3.8, 4) is 0 Å². The van der Waals surface area contributed by atoms with Gasteiger partial charge in [0.1, 0.15) is 0 Å². The maximum absolute atomic E-state index is 12.3. The van der Waals surface area contributed by atoms with Crippen molar-refractivity contribution in [1.29, 1.82) is 0 Å². The fourth-order valence-electron chi connectivity index (χ4n) is 2.43. The van der Waals surface area contributed by atoms with Gasteiger partial charge in [-0.05, 0) is 48.3 Å². The Morgan fingerprint density at radius 1 is 1.43 bits per heavy atom. The normalized spacial score (nSPS) is 18.9. The van der Waals surface area contributed by atoms with Gasteiger partial charge in [-0.2, -0.15) is 0 Å². The number of nitrogens with zero attached hydrogens (tertiary/aromatic N) is 1. The average Bonchev–Trinajstić information content (AvgIpc) is 2.70. The lowest BCUT2D eigenvalue weighted by Crippen LogP contribution is -2.39. The van der Waals surface area contributed by atoms with Crippen molar-refractivity contribution >= 4 is 33.2 Å². The van der Waals surface area contributed by atoms with Crippen molar-refractivity contribution in [2.75, 3.05) is 11.9 Å². The van der Waals surface area contributed by atoms with Crippen LogP contribution in [0.1, 0.15) is 31.2 Å². The third-order valence-electron chi connectivity index (χ3n) is 3.62. The first-order valence-corrected chi connectivity index (χ1v) is 7.77. The minimum atomic E-state index is -0.443. The van der Waals surface area contributed by atoms with Crippen LogP contribution in [-0.2, 0) is 4.79 Å². The lowest BCUT2D eigenvalue weighted by atomic mass is 10.1. The predicted molar refractivity (Wildman–Crippen MR) is 84.4 cm³/mol. The number of carbonyl (C=O) groups is 1. The van der Waals surface area contributed by atoms with Crippen molar-refractivity contribution in [3.63, 3.8) is 0 Å². The van der Waals surface area contributed by atoms with E-state index in [2.05, 4.69) is 26.6 Å². The number of anilines is 1. The van der Waals surface area contributed by atoms with E-state index in [0.29, 0.717) is 15.7 Å². The molecular weight excluding hydrogens is 338 g/mol. The van der Waals surface area contributed by atoms with Crippen molar-refractivity contribution in [1.82, 2.24) is 5.32 Å². The van der Waals surface area contributed by atoms with Gasteiger partial charge >= 0.3 is 0 Å². The van der Waals surface area contributed by atoms with Gasteiger partial charge in [-0.15, -0.1) is 0 Å². The summed E-state index contributed by atoms with van der Waals surface area (Å²) in [7, 11) is 0. The Morgan fingerprint density at radius 2 is 2.19 bits per heavy atom. The average molecular weight is 356 g/mol. The van der Waals surface area contributed by atoms with Gasteiger partial charge < -0.3 is 10.6 Å². The molecule has 1 amide bonds. The van der Waals surface area contributed by atoms with Crippen LogP contribution in [0.5, 0.6) is 0 Å². The molecule has 0 aromatic heterocycles. The van der Waals surface area contributed by atoms with Crippen LogP contribution >= 0.6 is 15.9 Å². The number of rotatable bonds is 3. The number of amides is 1. The number of halogens is 1. The van der Waals surface area contributed by atoms with E-state index in [1.165, 1.54) is 6.07 Å². The standard InChI is InChI=1S/C14H18BrN3O3/c1-9-7-10(15)12(8-13(9)18(20)21)17-14(19)11-5-3-2-4-6-16-11/h7-8,11,16H,2-6H2,1H3,(H,17,19). The minimum Gasteiger partial charge on any atom is -0.323 e. The zero-order valence-corrected chi connectivity index (χ0v) is 13.4. The molecule has 1 aliphatic rings. The number of benzene rings is 1. The molecule has 1 aromatic carbocycles. The second-order valence-corrected chi connectivity index (χ2v) is 6.08. The number of carbonyl (C=O) groups excluding carboxylic acids is 1. The summed E-state index contributed by atoms with van der Waals surface area (Å²) in [6.45, 7) is 2.49. The van der Waals surface area contributed by atoms with Gasteiger partial charge in [0.05, 0.1) is 16.7 Å². The van der Waals surface area contributed by atoms with Crippen LogP contribution in [0.25, 0.3) is 0 Å². The smallest absolute Gasteiger partial charge is 0.274 e. The van der Waals surface area contributed by atoms with Gasteiger partial charge in [0.15, 0.2) is 0 Å². The summed E-state index contributed by atoms with van der Waals surface area (Å²) in [5.41, 5.74) is 0.989. The van der Waals surface area contributed by atoms with Crippen molar-refractivity contribution in [3.05, 3.63) is 32.3 Å². The fraction of sp³-hybridized carbons (Fsp3) is 0.500.